The van der Waals surface area contributed by atoms with Crippen molar-refractivity contribution in [2.75, 3.05) is 18.0 Å². The lowest BCUT2D eigenvalue weighted by atomic mass is 10.1. The summed E-state index contributed by atoms with van der Waals surface area (Å²) in [5.41, 5.74) is 3.00. The number of aliphatic imine (C=N–C) groups is 1. The van der Waals surface area contributed by atoms with Crippen LogP contribution in [-0.4, -0.2) is 29.1 Å². The van der Waals surface area contributed by atoms with Crippen molar-refractivity contribution in [2.45, 2.75) is 18.2 Å². The molecule has 0 N–H and O–H groups in total. The molecule has 0 bridgehead atoms. The molecule has 0 aromatic heterocycles. The Bertz CT molecular complexity index is 1260. The molecule has 4 nitrogen and oxygen atoms in total. The predicted octanol–water partition coefficient (Wildman–Crippen LogP) is 6.95. The molecule has 3 aromatic carbocycles. The van der Waals surface area contributed by atoms with Gasteiger partial charge in [-0.3, -0.25) is 9.69 Å². The van der Waals surface area contributed by atoms with Crippen molar-refractivity contribution in [3.63, 3.8) is 0 Å². The van der Waals surface area contributed by atoms with Gasteiger partial charge in [0.2, 0.25) is 0 Å². The number of amides is 1. The fraction of sp³-hybridized carbons (Fsp3) is 0.154. The lowest BCUT2D eigenvalue weighted by Crippen LogP contribution is -2.32. The summed E-state index contributed by atoms with van der Waals surface area (Å²) in [7, 11) is 0. The van der Waals surface area contributed by atoms with E-state index in [2.05, 4.69) is 36.1 Å². The maximum Gasteiger partial charge on any atom is 0.269 e. The largest absolute Gasteiger partial charge is 0.334 e. The second-order valence-electron chi connectivity index (χ2n) is 7.59. The van der Waals surface area contributed by atoms with Crippen molar-refractivity contribution in [3.8, 4) is 0 Å². The van der Waals surface area contributed by atoms with Gasteiger partial charge in [-0.25, -0.2) is 4.99 Å². The first-order chi connectivity index (χ1) is 16.2. The SMILES string of the molecule is CCN1/C(=C2/SC(=Nc3ccccc3Cl)N(CCc3ccccc3)C2=O)Sc2ccccc21. The van der Waals surface area contributed by atoms with E-state index in [9.17, 15) is 4.79 Å². The van der Waals surface area contributed by atoms with Gasteiger partial charge >= 0.3 is 0 Å². The normalized spacial score (nSPS) is 19.0. The zero-order chi connectivity index (χ0) is 22.8. The molecule has 166 valence electrons. The molecule has 2 aliphatic rings. The molecule has 5 rings (SSSR count). The van der Waals surface area contributed by atoms with Gasteiger partial charge in [0, 0.05) is 18.0 Å². The predicted molar refractivity (Wildman–Crippen MR) is 140 cm³/mol. The van der Waals surface area contributed by atoms with Gasteiger partial charge in [-0.1, -0.05) is 78.0 Å². The number of carbonyl (C=O) groups excluding carboxylic acids is 1. The van der Waals surface area contributed by atoms with Crippen LogP contribution in [0.1, 0.15) is 12.5 Å². The van der Waals surface area contributed by atoms with Gasteiger partial charge in [0.25, 0.3) is 5.91 Å². The maximum atomic E-state index is 13.7. The fourth-order valence-corrected chi connectivity index (χ4v) is 6.45. The lowest BCUT2D eigenvalue weighted by Gasteiger charge is -2.19. The van der Waals surface area contributed by atoms with Gasteiger partial charge in [0.05, 0.1) is 16.4 Å². The number of benzene rings is 3. The van der Waals surface area contributed by atoms with Crippen LogP contribution in [0.5, 0.6) is 0 Å². The van der Waals surface area contributed by atoms with Gasteiger partial charge in [-0.2, -0.15) is 0 Å². The Kier molecular flexibility index (Phi) is 6.49. The molecular weight excluding hydrogens is 470 g/mol. The van der Waals surface area contributed by atoms with E-state index in [1.54, 1.807) is 16.7 Å². The first-order valence-electron chi connectivity index (χ1n) is 10.8. The summed E-state index contributed by atoms with van der Waals surface area (Å²) in [4.78, 5) is 24.4. The summed E-state index contributed by atoms with van der Waals surface area (Å²) in [5.74, 6) is -0.00418. The molecule has 0 atom stereocenters. The van der Waals surface area contributed by atoms with E-state index < -0.39 is 0 Å². The molecule has 1 amide bonds. The van der Waals surface area contributed by atoms with Crippen molar-refractivity contribution in [3.05, 3.63) is 99.4 Å². The van der Waals surface area contributed by atoms with Crippen LogP contribution in [0.15, 0.2) is 98.7 Å². The standard InChI is InChI=1S/C26H22ClN3OS2/c1-2-29-21-14-8-9-15-22(21)32-25(29)23-24(31)30(17-16-18-10-4-3-5-11-18)26(33-23)28-20-13-7-6-12-19(20)27/h3-15H,2,16-17H2,1H3/b25-23-,28-26?. The third-order valence-corrected chi connectivity index (χ3v) is 8.22. The zero-order valence-electron chi connectivity index (χ0n) is 18.1. The van der Waals surface area contributed by atoms with E-state index in [0.717, 1.165) is 28.6 Å². The number of halogens is 1. The number of thioether (sulfide) groups is 2. The smallest absolute Gasteiger partial charge is 0.269 e. The Morgan fingerprint density at radius 3 is 2.39 bits per heavy atom. The van der Waals surface area contributed by atoms with Gasteiger partial charge in [-0.15, -0.1) is 0 Å². The number of rotatable bonds is 5. The number of hydrogen-bond acceptors (Lipinski definition) is 5. The number of hydrogen-bond donors (Lipinski definition) is 0. The third-order valence-electron chi connectivity index (χ3n) is 5.52. The minimum absolute atomic E-state index is 0.00418. The molecule has 0 aliphatic carbocycles. The van der Waals surface area contributed by atoms with Gasteiger partial charge in [0.15, 0.2) is 5.17 Å². The van der Waals surface area contributed by atoms with Crippen LogP contribution in [0, 0.1) is 0 Å². The number of nitrogens with zero attached hydrogens (tertiary/aromatic N) is 3. The molecule has 2 aliphatic heterocycles. The molecular formula is C26H22ClN3OS2. The third kappa shape index (κ3) is 4.43. The van der Waals surface area contributed by atoms with E-state index in [4.69, 9.17) is 16.6 Å². The Hall–Kier alpha value is -2.67. The topological polar surface area (TPSA) is 35.9 Å². The second-order valence-corrected chi connectivity index (χ2v) is 10.0. The van der Waals surface area contributed by atoms with Crippen LogP contribution in [0.2, 0.25) is 5.02 Å². The van der Waals surface area contributed by atoms with E-state index >= 15 is 0 Å². The fourth-order valence-electron chi connectivity index (χ4n) is 3.86. The van der Waals surface area contributed by atoms with E-state index in [0.29, 0.717) is 22.4 Å². The Morgan fingerprint density at radius 2 is 1.61 bits per heavy atom. The maximum absolute atomic E-state index is 13.7. The highest BCUT2D eigenvalue weighted by Crippen LogP contribution is 2.50. The second kappa shape index (κ2) is 9.67. The van der Waals surface area contributed by atoms with Gasteiger partial charge < -0.3 is 4.90 Å². The van der Waals surface area contributed by atoms with E-state index in [1.165, 1.54) is 22.2 Å². The molecule has 2 heterocycles. The van der Waals surface area contributed by atoms with Crippen LogP contribution in [0.25, 0.3) is 0 Å². The summed E-state index contributed by atoms with van der Waals surface area (Å²) in [5, 5.41) is 2.21. The lowest BCUT2D eigenvalue weighted by molar-refractivity contribution is -0.122. The summed E-state index contributed by atoms with van der Waals surface area (Å²) in [6, 6.07) is 26.0. The van der Waals surface area contributed by atoms with Crippen molar-refractivity contribution in [2.24, 2.45) is 4.99 Å². The molecule has 3 aromatic rings. The monoisotopic (exact) mass is 491 g/mol. The molecule has 0 unspecified atom stereocenters. The molecule has 33 heavy (non-hydrogen) atoms. The number of anilines is 1. The highest BCUT2D eigenvalue weighted by Gasteiger charge is 2.39. The Balaban J connectivity index is 1.53. The molecule has 0 saturated carbocycles. The highest BCUT2D eigenvalue weighted by atomic mass is 35.5. The summed E-state index contributed by atoms with van der Waals surface area (Å²) in [6.45, 7) is 3.45. The van der Waals surface area contributed by atoms with Crippen LogP contribution >= 0.6 is 35.1 Å². The first kappa shape index (κ1) is 22.1. The van der Waals surface area contributed by atoms with E-state index in [-0.39, 0.29) is 5.91 Å². The van der Waals surface area contributed by atoms with Crippen LogP contribution in [0.3, 0.4) is 0 Å². The highest BCUT2D eigenvalue weighted by molar-refractivity contribution is 8.19. The van der Waals surface area contributed by atoms with Crippen molar-refractivity contribution in [1.29, 1.82) is 0 Å². The minimum atomic E-state index is -0.00418. The quantitative estimate of drug-likeness (QED) is 0.362. The molecule has 0 spiro atoms. The van der Waals surface area contributed by atoms with Crippen LogP contribution in [-0.2, 0) is 11.2 Å². The molecule has 1 saturated heterocycles. The average molecular weight is 492 g/mol. The first-order valence-corrected chi connectivity index (χ1v) is 12.8. The minimum Gasteiger partial charge on any atom is -0.334 e. The molecule has 1 fully saturated rings. The Morgan fingerprint density at radius 1 is 0.879 bits per heavy atom. The van der Waals surface area contributed by atoms with Gasteiger partial charge in [-0.05, 0) is 54.9 Å². The van der Waals surface area contributed by atoms with Crippen LogP contribution in [0.4, 0.5) is 11.4 Å². The molecule has 7 heteroatoms. The van der Waals surface area contributed by atoms with Crippen molar-refractivity contribution >= 4 is 57.6 Å². The summed E-state index contributed by atoms with van der Waals surface area (Å²) >= 11 is 9.48. The Labute approximate surface area is 207 Å². The number of fused-ring (bicyclic) bond motifs is 1. The van der Waals surface area contributed by atoms with E-state index in [1.807, 2.05) is 54.6 Å². The van der Waals surface area contributed by atoms with Crippen LogP contribution < -0.4 is 4.90 Å². The van der Waals surface area contributed by atoms with Crippen molar-refractivity contribution in [1.82, 2.24) is 4.90 Å². The van der Waals surface area contributed by atoms with Gasteiger partial charge in [0.1, 0.15) is 9.93 Å². The summed E-state index contributed by atoms with van der Waals surface area (Å²) in [6.07, 6.45) is 0.752. The molecule has 0 radical (unpaired) electrons. The number of carbonyl (C=O) groups is 1. The summed E-state index contributed by atoms with van der Waals surface area (Å²) < 4.78 is 0. The van der Waals surface area contributed by atoms with Crippen molar-refractivity contribution < 1.29 is 4.79 Å². The zero-order valence-corrected chi connectivity index (χ0v) is 20.5. The number of amidine groups is 1. The number of para-hydroxylation sites is 2. The average Bonchev–Trinajstić information content (AvgIpc) is 3.36.